The molecule has 3 aliphatic rings. The molecule has 3 rings (SSSR count). The molecule has 2 saturated heterocycles. The van der Waals surface area contributed by atoms with E-state index in [1.54, 1.807) is 0 Å². The molecule has 3 atom stereocenters. The van der Waals surface area contributed by atoms with Crippen LogP contribution in [0.2, 0.25) is 0 Å². The van der Waals surface area contributed by atoms with Crippen molar-refractivity contribution in [3.8, 4) is 0 Å². The van der Waals surface area contributed by atoms with E-state index in [1.807, 2.05) is 0 Å². The number of allylic oxidation sites excluding steroid dienone is 2. The summed E-state index contributed by atoms with van der Waals surface area (Å²) in [5.74, 6) is 0.934. The van der Waals surface area contributed by atoms with Crippen LogP contribution in [0, 0.1) is 5.92 Å². The van der Waals surface area contributed by atoms with Crippen molar-refractivity contribution in [3.05, 3.63) is 12.2 Å². The second-order valence-electron chi connectivity index (χ2n) is 6.54. The molecule has 1 aliphatic carbocycles. The molecule has 102 valence electrons. The van der Waals surface area contributed by atoms with Crippen LogP contribution in [0.5, 0.6) is 0 Å². The smallest absolute Gasteiger partial charge is 0.0113 e. The van der Waals surface area contributed by atoms with E-state index in [4.69, 9.17) is 0 Å². The molecule has 0 aromatic heterocycles. The molecule has 0 radical (unpaired) electrons. The molecule has 2 bridgehead atoms. The number of nitrogens with one attached hydrogen (secondary N) is 1. The first-order chi connectivity index (χ1) is 8.86. The summed E-state index contributed by atoms with van der Waals surface area (Å²) in [5.41, 5.74) is 0. The lowest BCUT2D eigenvalue weighted by Gasteiger charge is -2.50. The molecule has 0 saturated carbocycles. The molecule has 2 heteroatoms. The van der Waals surface area contributed by atoms with Crippen LogP contribution in [0.3, 0.4) is 0 Å². The van der Waals surface area contributed by atoms with Gasteiger partial charge >= 0.3 is 0 Å². The quantitative estimate of drug-likeness (QED) is 0.773. The molecule has 1 N–H and O–H groups in total. The molecule has 18 heavy (non-hydrogen) atoms. The number of rotatable bonds is 3. The normalized spacial score (nSPS) is 40.9. The van der Waals surface area contributed by atoms with Crippen LogP contribution in [0.1, 0.15) is 51.4 Å². The first-order valence-electron chi connectivity index (χ1n) is 7.95. The van der Waals surface area contributed by atoms with Crippen LogP contribution >= 0.6 is 0 Å². The molecule has 0 aromatic rings. The Labute approximate surface area is 112 Å². The first kappa shape index (κ1) is 12.7. The van der Waals surface area contributed by atoms with Crippen LogP contribution in [-0.2, 0) is 0 Å². The molecule has 2 fully saturated rings. The highest BCUT2D eigenvalue weighted by molar-refractivity contribution is 4.97. The minimum atomic E-state index is 0.780. The number of hydrogen-bond acceptors (Lipinski definition) is 2. The lowest BCUT2D eigenvalue weighted by molar-refractivity contribution is 0.0124. The van der Waals surface area contributed by atoms with E-state index in [0.717, 1.165) is 24.0 Å². The minimum absolute atomic E-state index is 0.780. The number of fused-ring (bicyclic) bond motifs is 2. The Morgan fingerprint density at radius 3 is 2.50 bits per heavy atom. The van der Waals surface area contributed by atoms with E-state index in [2.05, 4.69) is 29.4 Å². The van der Waals surface area contributed by atoms with Gasteiger partial charge in [-0.2, -0.15) is 0 Å². The van der Waals surface area contributed by atoms with Gasteiger partial charge in [0.1, 0.15) is 0 Å². The van der Waals surface area contributed by atoms with Gasteiger partial charge in [-0.05, 0) is 57.9 Å². The Hall–Kier alpha value is -0.340. The summed E-state index contributed by atoms with van der Waals surface area (Å²) in [6, 6.07) is 2.53. The number of nitrogens with zero attached hydrogens (tertiary/aromatic N) is 1. The van der Waals surface area contributed by atoms with Gasteiger partial charge in [0.15, 0.2) is 0 Å². The Morgan fingerprint density at radius 1 is 1.11 bits per heavy atom. The van der Waals surface area contributed by atoms with Gasteiger partial charge in [0.05, 0.1) is 0 Å². The topological polar surface area (TPSA) is 15.3 Å². The first-order valence-corrected chi connectivity index (χ1v) is 7.95. The average Bonchev–Trinajstić information content (AvgIpc) is 2.39. The van der Waals surface area contributed by atoms with E-state index in [0.29, 0.717) is 0 Å². The maximum atomic E-state index is 3.52. The van der Waals surface area contributed by atoms with Crippen molar-refractivity contribution in [1.82, 2.24) is 10.2 Å². The van der Waals surface area contributed by atoms with Crippen LogP contribution in [0.15, 0.2) is 12.2 Å². The van der Waals surface area contributed by atoms with Crippen molar-refractivity contribution in [2.45, 2.75) is 69.5 Å². The fourth-order valence-electron chi connectivity index (χ4n) is 4.33. The predicted octanol–water partition coefficient (Wildman–Crippen LogP) is 2.95. The highest BCUT2D eigenvalue weighted by atomic mass is 15.2. The monoisotopic (exact) mass is 248 g/mol. The van der Waals surface area contributed by atoms with Gasteiger partial charge in [-0.25, -0.2) is 0 Å². The van der Waals surface area contributed by atoms with E-state index >= 15 is 0 Å². The molecular formula is C16H28N2. The molecule has 0 amide bonds. The fraction of sp³-hybridized carbons (Fsp3) is 0.875. The maximum Gasteiger partial charge on any atom is 0.0113 e. The van der Waals surface area contributed by atoms with Crippen LogP contribution in [0.4, 0.5) is 0 Å². The van der Waals surface area contributed by atoms with Crippen LogP contribution in [-0.4, -0.2) is 36.6 Å². The Balaban J connectivity index is 1.62. The highest BCUT2D eigenvalue weighted by Gasteiger charge is 2.38. The van der Waals surface area contributed by atoms with Gasteiger partial charge in [0, 0.05) is 24.7 Å². The highest BCUT2D eigenvalue weighted by Crippen LogP contribution is 2.35. The van der Waals surface area contributed by atoms with Crippen molar-refractivity contribution in [2.75, 3.05) is 13.6 Å². The van der Waals surface area contributed by atoms with Gasteiger partial charge in [0.25, 0.3) is 0 Å². The van der Waals surface area contributed by atoms with Crippen molar-refractivity contribution in [3.63, 3.8) is 0 Å². The molecule has 2 heterocycles. The summed E-state index contributed by atoms with van der Waals surface area (Å²) >= 11 is 0. The zero-order valence-corrected chi connectivity index (χ0v) is 11.8. The third kappa shape index (κ3) is 2.65. The summed E-state index contributed by atoms with van der Waals surface area (Å²) in [6.07, 6.45) is 15.9. The maximum absolute atomic E-state index is 3.52. The van der Waals surface area contributed by atoms with E-state index in [9.17, 15) is 0 Å². The lowest BCUT2D eigenvalue weighted by Crippen LogP contribution is -2.56. The Bertz CT molecular complexity index is 285. The molecule has 2 nitrogen and oxygen atoms in total. The number of hydrogen-bond donors (Lipinski definition) is 1. The predicted molar refractivity (Wildman–Crippen MR) is 76.7 cm³/mol. The second kappa shape index (κ2) is 5.75. The summed E-state index contributed by atoms with van der Waals surface area (Å²) in [6.45, 7) is 1.37. The SMILES string of the molecule is CNC1CC2CCCC(C1)N2CC1CC=CCC1. The van der Waals surface area contributed by atoms with Gasteiger partial charge in [0.2, 0.25) is 0 Å². The van der Waals surface area contributed by atoms with Gasteiger partial charge in [-0.1, -0.05) is 18.6 Å². The Kier molecular flexibility index (Phi) is 4.05. The summed E-state index contributed by atoms with van der Waals surface area (Å²) in [7, 11) is 2.14. The van der Waals surface area contributed by atoms with Gasteiger partial charge < -0.3 is 5.32 Å². The third-order valence-corrected chi connectivity index (χ3v) is 5.38. The molecule has 0 aromatic carbocycles. The fourth-order valence-corrected chi connectivity index (χ4v) is 4.33. The number of piperidine rings is 2. The molecular weight excluding hydrogens is 220 g/mol. The van der Waals surface area contributed by atoms with E-state index in [1.165, 1.54) is 57.9 Å². The largest absolute Gasteiger partial charge is 0.317 e. The van der Waals surface area contributed by atoms with Crippen molar-refractivity contribution < 1.29 is 0 Å². The summed E-state index contributed by atoms with van der Waals surface area (Å²) in [4.78, 5) is 2.89. The van der Waals surface area contributed by atoms with E-state index in [-0.39, 0.29) is 0 Å². The zero-order valence-electron chi connectivity index (χ0n) is 11.8. The summed E-state index contributed by atoms with van der Waals surface area (Å²) in [5, 5.41) is 3.52. The molecule has 0 spiro atoms. The van der Waals surface area contributed by atoms with Gasteiger partial charge in [-0.3, -0.25) is 4.90 Å². The van der Waals surface area contributed by atoms with Gasteiger partial charge in [-0.15, -0.1) is 0 Å². The molecule has 3 unspecified atom stereocenters. The third-order valence-electron chi connectivity index (χ3n) is 5.38. The lowest BCUT2D eigenvalue weighted by atomic mass is 9.80. The average molecular weight is 248 g/mol. The van der Waals surface area contributed by atoms with Crippen molar-refractivity contribution >= 4 is 0 Å². The van der Waals surface area contributed by atoms with Crippen LogP contribution < -0.4 is 5.32 Å². The van der Waals surface area contributed by atoms with Crippen molar-refractivity contribution in [1.29, 1.82) is 0 Å². The zero-order chi connectivity index (χ0) is 12.4. The minimum Gasteiger partial charge on any atom is -0.317 e. The van der Waals surface area contributed by atoms with Crippen LogP contribution in [0.25, 0.3) is 0 Å². The Morgan fingerprint density at radius 2 is 1.89 bits per heavy atom. The molecule has 2 aliphatic heterocycles. The standard InChI is InChI=1S/C16H28N2/c1-17-14-10-15-8-5-9-16(11-14)18(15)12-13-6-3-2-4-7-13/h2-3,13-17H,4-12H2,1H3. The second-order valence-corrected chi connectivity index (χ2v) is 6.54. The van der Waals surface area contributed by atoms with E-state index < -0.39 is 0 Å². The van der Waals surface area contributed by atoms with Crippen molar-refractivity contribution in [2.24, 2.45) is 5.92 Å². The summed E-state index contributed by atoms with van der Waals surface area (Å²) < 4.78 is 0.